The number of carboxylic acids is 1. The van der Waals surface area contributed by atoms with Crippen molar-refractivity contribution in [2.24, 2.45) is 0 Å². The fourth-order valence-corrected chi connectivity index (χ4v) is 2.48. The van der Waals surface area contributed by atoms with E-state index in [0.29, 0.717) is 18.1 Å². The highest BCUT2D eigenvalue weighted by Crippen LogP contribution is 2.28. The molecule has 6 heteroatoms. The summed E-state index contributed by atoms with van der Waals surface area (Å²) in [6.45, 7) is 0.513. The van der Waals surface area contributed by atoms with Crippen LogP contribution in [0.1, 0.15) is 34.7 Å². The monoisotopic (exact) mass is 280 g/mol. The van der Waals surface area contributed by atoms with Crippen LogP contribution >= 0.6 is 0 Å². The average Bonchev–Trinajstić information content (AvgIpc) is 2.41. The van der Waals surface area contributed by atoms with Gasteiger partial charge in [0.1, 0.15) is 6.67 Å². The topological polar surface area (TPSA) is 60.9 Å². The fourth-order valence-electron chi connectivity index (χ4n) is 2.48. The molecule has 1 aliphatic rings. The van der Waals surface area contributed by atoms with Crippen molar-refractivity contribution in [2.45, 2.75) is 18.8 Å². The first kappa shape index (κ1) is 14.5. The number of hydrogen-bond donors (Lipinski definition) is 1. The molecule has 5 nitrogen and oxygen atoms in total. The lowest BCUT2D eigenvalue weighted by Crippen LogP contribution is -2.43. The Bertz CT molecular complexity index is 502. The molecule has 1 heterocycles. The molecule has 0 aromatic heterocycles. The first-order valence-corrected chi connectivity index (χ1v) is 6.48. The summed E-state index contributed by atoms with van der Waals surface area (Å²) in [7, 11) is 1.28. The number of likely N-dealkylation sites (tertiary alicyclic amines) is 1. The molecule has 20 heavy (non-hydrogen) atoms. The Morgan fingerprint density at radius 1 is 1.45 bits per heavy atom. The molecule has 108 valence electrons. The van der Waals surface area contributed by atoms with E-state index in [1.54, 1.807) is 12.1 Å². The Labute approximate surface area is 116 Å². The molecule has 0 bridgehead atoms. The quantitative estimate of drug-likeness (QED) is 0.855. The molecule has 1 amide bonds. The van der Waals surface area contributed by atoms with Crippen molar-refractivity contribution < 1.29 is 19.2 Å². The number of carbonyl (C=O) groups excluding carboxylic acids is 1. The van der Waals surface area contributed by atoms with E-state index in [0.717, 1.165) is 12.0 Å². The molecule has 1 saturated heterocycles. The molecule has 1 fully saturated rings. The zero-order chi connectivity index (χ0) is 14.7. The van der Waals surface area contributed by atoms with E-state index in [1.807, 2.05) is 0 Å². The molecule has 0 saturated carbocycles. The van der Waals surface area contributed by atoms with Gasteiger partial charge in [0.25, 0.3) is 0 Å². The van der Waals surface area contributed by atoms with Gasteiger partial charge in [-0.2, -0.15) is 0 Å². The zero-order valence-corrected chi connectivity index (χ0v) is 11.3. The van der Waals surface area contributed by atoms with Crippen LogP contribution in [0.25, 0.3) is 0 Å². The summed E-state index contributed by atoms with van der Waals surface area (Å²) in [5.41, 5.74) is 0.976. The van der Waals surface area contributed by atoms with Gasteiger partial charge in [0.05, 0.1) is 11.5 Å². The SMILES string of the molecule is CN(F)CN1CCCC(c2ccc(C(=O)O)cc2)C1=O. The third-order valence-corrected chi connectivity index (χ3v) is 3.46. The van der Waals surface area contributed by atoms with Crippen LogP contribution in [0.4, 0.5) is 4.48 Å². The standard InChI is InChI=1S/C14H17FN2O3/c1-16(15)9-17-8-2-3-12(13(17)18)10-4-6-11(7-5-10)14(19)20/h4-7,12H,2-3,8-9H2,1H3,(H,19,20). The molecule has 0 aliphatic carbocycles. The van der Waals surface area contributed by atoms with Crippen LogP contribution in [0, 0.1) is 0 Å². The lowest BCUT2D eigenvalue weighted by Gasteiger charge is -2.33. The second-order valence-electron chi connectivity index (χ2n) is 4.97. The van der Waals surface area contributed by atoms with Crippen LogP contribution in [0.15, 0.2) is 24.3 Å². The van der Waals surface area contributed by atoms with Crippen LogP contribution in [-0.4, -0.2) is 47.3 Å². The first-order chi connectivity index (χ1) is 9.49. The first-order valence-electron chi connectivity index (χ1n) is 6.48. The van der Waals surface area contributed by atoms with Gasteiger partial charge in [0.2, 0.25) is 5.91 Å². The van der Waals surface area contributed by atoms with Crippen LogP contribution in [-0.2, 0) is 4.79 Å². The van der Waals surface area contributed by atoms with Crippen LogP contribution in [0.3, 0.4) is 0 Å². The summed E-state index contributed by atoms with van der Waals surface area (Å²) in [6, 6.07) is 6.31. The van der Waals surface area contributed by atoms with Crippen molar-refractivity contribution in [3.63, 3.8) is 0 Å². The number of halogens is 1. The average molecular weight is 280 g/mol. The number of aromatic carboxylic acids is 1. The van der Waals surface area contributed by atoms with Crippen molar-refractivity contribution in [3.05, 3.63) is 35.4 Å². The molecule has 2 rings (SSSR count). The number of hydrogen-bond acceptors (Lipinski definition) is 3. The molecular weight excluding hydrogens is 263 g/mol. The van der Waals surface area contributed by atoms with Gasteiger partial charge in [0.15, 0.2) is 0 Å². The summed E-state index contributed by atoms with van der Waals surface area (Å²) >= 11 is 0. The predicted molar refractivity (Wildman–Crippen MR) is 70.8 cm³/mol. The number of carbonyl (C=O) groups is 2. The maximum absolute atomic E-state index is 12.9. The van der Waals surface area contributed by atoms with Gasteiger partial charge in [-0.3, -0.25) is 4.79 Å². The van der Waals surface area contributed by atoms with E-state index >= 15 is 0 Å². The van der Waals surface area contributed by atoms with Crippen molar-refractivity contribution in [2.75, 3.05) is 20.3 Å². The molecule has 1 aliphatic heterocycles. The summed E-state index contributed by atoms with van der Waals surface area (Å²) in [4.78, 5) is 24.6. The van der Waals surface area contributed by atoms with Gasteiger partial charge in [-0.1, -0.05) is 12.1 Å². The van der Waals surface area contributed by atoms with Gasteiger partial charge in [-0.05, 0) is 30.5 Å². The number of piperidine rings is 1. The minimum Gasteiger partial charge on any atom is -0.478 e. The van der Waals surface area contributed by atoms with Gasteiger partial charge < -0.3 is 10.0 Å². The van der Waals surface area contributed by atoms with E-state index in [1.165, 1.54) is 24.1 Å². The molecule has 1 unspecified atom stereocenters. The number of nitrogens with zero attached hydrogens (tertiary/aromatic N) is 2. The van der Waals surface area contributed by atoms with Crippen molar-refractivity contribution >= 4 is 11.9 Å². The van der Waals surface area contributed by atoms with Crippen LogP contribution in [0.2, 0.25) is 0 Å². The minimum absolute atomic E-state index is 0.0391. The van der Waals surface area contributed by atoms with E-state index in [9.17, 15) is 14.1 Å². The lowest BCUT2D eigenvalue weighted by molar-refractivity contribution is -0.141. The maximum atomic E-state index is 12.9. The second-order valence-corrected chi connectivity index (χ2v) is 4.97. The molecule has 1 aromatic carbocycles. The molecular formula is C14H17FN2O3. The summed E-state index contributed by atoms with van der Waals surface area (Å²) in [5, 5.41) is 9.34. The van der Waals surface area contributed by atoms with Crippen molar-refractivity contribution in [3.8, 4) is 0 Å². The Balaban J connectivity index is 2.14. The molecule has 0 spiro atoms. The van der Waals surface area contributed by atoms with Gasteiger partial charge in [0, 0.05) is 13.6 Å². The van der Waals surface area contributed by atoms with Gasteiger partial charge in [-0.25, -0.2) is 4.79 Å². The highest BCUT2D eigenvalue weighted by atomic mass is 19.2. The highest BCUT2D eigenvalue weighted by molar-refractivity contribution is 5.88. The largest absolute Gasteiger partial charge is 0.478 e. The number of carboxylic acid groups (broad SMARTS) is 1. The second kappa shape index (κ2) is 6.00. The number of rotatable bonds is 4. The van der Waals surface area contributed by atoms with Crippen LogP contribution in [0.5, 0.6) is 0 Å². The van der Waals surface area contributed by atoms with E-state index in [4.69, 9.17) is 5.11 Å². The Morgan fingerprint density at radius 2 is 2.10 bits per heavy atom. The summed E-state index contributed by atoms with van der Waals surface area (Å²) in [5.74, 6) is -1.41. The Kier molecular flexibility index (Phi) is 4.34. The number of benzene rings is 1. The molecule has 1 aromatic rings. The Hall–Kier alpha value is -1.95. The smallest absolute Gasteiger partial charge is 0.335 e. The maximum Gasteiger partial charge on any atom is 0.335 e. The summed E-state index contributed by atoms with van der Waals surface area (Å²) in [6.07, 6.45) is 1.52. The van der Waals surface area contributed by atoms with Crippen molar-refractivity contribution in [1.29, 1.82) is 0 Å². The molecule has 1 N–H and O–H groups in total. The minimum atomic E-state index is -0.993. The zero-order valence-electron chi connectivity index (χ0n) is 11.3. The van der Waals surface area contributed by atoms with Gasteiger partial charge >= 0.3 is 5.97 Å². The third kappa shape index (κ3) is 3.14. The summed E-state index contributed by atoms with van der Waals surface area (Å²) < 4.78 is 12.9. The van der Waals surface area contributed by atoms with E-state index in [2.05, 4.69) is 0 Å². The highest BCUT2D eigenvalue weighted by Gasteiger charge is 2.30. The van der Waals surface area contributed by atoms with Gasteiger partial charge in [-0.15, -0.1) is 9.60 Å². The Morgan fingerprint density at radius 3 is 2.65 bits per heavy atom. The lowest BCUT2D eigenvalue weighted by atomic mass is 9.89. The van der Waals surface area contributed by atoms with Crippen molar-refractivity contribution in [1.82, 2.24) is 10.0 Å². The van der Waals surface area contributed by atoms with Crippen LogP contribution < -0.4 is 0 Å². The predicted octanol–water partition coefficient (Wildman–Crippen LogP) is 1.86. The van der Waals surface area contributed by atoms with E-state index in [-0.39, 0.29) is 24.1 Å². The fraction of sp³-hybridized carbons (Fsp3) is 0.429. The number of amides is 1. The van der Waals surface area contributed by atoms with E-state index < -0.39 is 5.97 Å². The molecule has 1 atom stereocenters. The third-order valence-electron chi connectivity index (χ3n) is 3.46. The normalized spacial score (nSPS) is 19.4. The molecule has 0 radical (unpaired) electrons.